The van der Waals surface area contributed by atoms with Gasteiger partial charge in [0, 0.05) is 22.6 Å². The van der Waals surface area contributed by atoms with Crippen LogP contribution in [0.3, 0.4) is 0 Å². The second-order valence-electron chi connectivity index (χ2n) is 8.66. The van der Waals surface area contributed by atoms with Crippen molar-refractivity contribution < 1.29 is 26.4 Å². The Morgan fingerprint density at radius 2 is 1.30 bits per heavy atom. The average Bonchev–Trinajstić information content (AvgIpc) is 2.91. The molecule has 0 aliphatic carbocycles. The van der Waals surface area contributed by atoms with Crippen LogP contribution in [0, 0.1) is 6.92 Å². The van der Waals surface area contributed by atoms with Crippen molar-refractivity contribution in [2.75, 3.05) is 21.4 Å². The number of carbonyl (C=O) groups excluding carboxylic acids is 1. The first-order chi connectivity index (χ1) is 19.0. The van der Waals surface area contributed by atoms with E-state index >= 15 is 0 Å². The maximum Gasteiger partial charge on any atom is 0.263 e. The third-order valence-electron chi connectivity index (χ3n) is 5.63. The standard InChI is InChI=1S/C28H26ClN3O6S2/c1-3-38-24-13-9-23(10-14-24)31-39(34,35)25-15-11-21(12-16-25)30-28(33)20-6-17-26(29)27(18-20)40(36,37)32-22-7-4-19(2)5-8-22/h4-18,31-32H,3H2,1-2H3,(H,30,33). The first-order valence-electron chi connectivity index (χ1n) is 12.0. The molecule has 12 heteroatoms. The number of rotatable bonds is 10. The van der Waals surface area contributed by atoms with Crippen LogP contribution in [0.25, 0.3) is 0 Å². The summed E-state index contributed by atoms with van der Waals surface area (Å²) in [5, 5.41) is 2.58. The Morgan fingerprint density at radius 1 is 0.750 bits per heavy atom. The minimum absolute atomic E-state index is 0.0126. The van der Waals surface area contributed by atoms with E-state index in [1.165, 1.54) is 42.5 Å². The molecule has 0 spiro atoms. The fourth-order valence-electron chi connectivity index (χ4n) is 3.60. The van der Waals surface area contributed by atoms with E-state index < -0.39 is 26.0 Å². The first kappa shape index (κ1) is 28.9. The number of carbonyl (C=O) groups is 1. The van der Waals surface area contributed by atoms with E-state index in [1.807, 2.05) is 13.8 Å². The predicted molar refractivity (Wildman–Crippen MR) is 156 cm³/mol. The molecule has 4 aromatic carbocycles. The number of anilines is 3. The molecule has 4 aromatic rings. The molecule has 0 aliphatic rings. The normalized spacial score (nSPS) is 11.5. The van der Waals surface area contributed by atoms with Crippen molar-refractivity contribution in [2.45, 2.75) is 23.6 Å². The van der Waals surface area contributed by atoms with Gasteiger partial charge < -0.3 is 10.1 Å². The van der Waals surface area contributed by atoms with Gasteiger partial charge in [-0.15, -0.1) is 0 Å². The summed E-state index contributed by atoms with van der Waals surface area (Å²) in [6, 6.07) is 22.7. The monoisotopic (exact) mass is 599 g/mol. The molecule has 208 valence electrons. The summed E-state index contributed by atoms with van der Waals surface area (Å²) in [4.78, 5) is 12.6. The van der Waals surface area contributed by atoms with Crippen LogP contribution in [-0.2, 0) is 20.0 Å². The molecule has 1 amide bonds. The number of ether oxygens (including phenoxy) is 1. The minimum Gasteiger partial charge on any atom is -0.494 e. The molecule has 9 nitrogen and oxygen atoms in total. The summed E-state index contributed by atoms with van der Waals surface area (Å²) in [6.45, 7) is 4.23. The molecule has 4 rings (SSSR count). The molecule has 0 aliphatic heterocycles. The van der Waals surface area contributed by atoms with Crippen molar-refractivity contribution >= 4 is 54.6 Å². The number of sulfonamides is 2. The minimum atomic E-state index is -4.08. The first-order valence-corrected chi connectivity index (χ1v) is 15.4. The topological polar surface area (TPSA) is 131 Å². The maximum absolute atomic E-state index is 13.0. The lowest BCUT2D eigenvalue weighted by molar-refractivity contribution is 0.102. The number of amides is 1. The van der Waals surface area contributed by atoms with E-state index in [0.717, 1.165) is 5.56 Å². The maximum atomic E-state index is 13.0. The van der Waals surface area contributed by atoms with Gasteiger partial charge in [0.25, 0.3) is 26.0 Å². The van der Waals surface area contributed by atoms with Gasteiger partial charge in [0.2, 0.25) is 0 Å². The number of hydrogen-bond acceptors (Lipinski definition) is 6. The quantitative estimate of drug-likeness (QED) is 0.208. The van der Waals surface area contributed by atoms with Crippen LogP contribution < -0.4 is 19.5 Å². The van der Waals surface area contributed by atoms with Gasteiger partial charge in [-0.2, -0.15) is 0 Å². The highest BCUT2D eigenvalue weighted by Gasteiger charge is 2.21. The molecule has 0 radical (unpaired) electrons. The molecule has 0 saturated carbocycles. The van der Waals surface area contributed by atoms with Crippen LogP contribution in [-0.4, -0.2) is 29.3 Å². The van der Waals surface area contributed by atoms with Gasteiger partial charge in [-0.25, -0.2) is 16.8 Å². The van der Waals surface area contributed by atoms with Gasteiger partial charge in [0.05, 0.1) is 16.5 Å². The Morgan fingerprint density at radius 3 is 1.90 bits per heavy atom. The van der Waals surface area contributed by atoms with E-state index in [-0.39, 0.29) is 20.4 Å². The molecule has 3 N–H and O–H groups in total. The van der Waals surface area contributed by atoms with Gasteiger partial charge >= 0.3 is 0 Å². The molecule has 0 heterocycles. The summed E-state index contributed by atoms with van der Waals surface area (Å²) in [5.41, 5.74) is 2.04. The molecular weight excluding hydrogens is 574 g/mol. The zero-order valence-electron chi connectivity index (χ0n) is 21.5. The Bertz CT molecular complexity index is 1720. The summed E-state index contributed by atoms with van der Waals surface area (Å²) >= 11 is 6.16. The summed E-state index contributed by atoms with van der Waals surface area (Å²) < 4.78 is 61.8. The van der Waals surface area contributed by atoms with Crippen molar-refractivity contribution in [1.82, 2.24) is 0 Å². The van der Waals surface area contributed by atoms with Gasteiger partial charge in [-0.1, -0.05) is 29.3 Å². The van der Waals surface area contributed by atoms with Gasteiger partial charge in [0.1, 0.15) is 10.6 Å². The third-order valence-corrected chi connectivity index (χ3v) is 8.89. The van der Waals surface area contributed by atoms with E-state index in [4.69, 9.17) is 16.3 Å². The van der Waals surface area contributed by atoms with Gasteiger partial charge in [0.15, 0.2) is 0 Å². The van der Waals surface area contributed by atoms with Gasteiger partial charge in [-0.3, -0.25) is 14.2 Å². The van der Waals surface area contributed by atoms with Crippen molar-refractivity contribution in [3.8, 4) is 5.75 Å². The summed E-state index contributed by atoms with van der Waals surface area (Å²) in [6.07, 6.45) is 0. The van der Waals surface area contributed by atoms with Crippen LogP contribution in [0.15, 0.2) is 101 Å². The zero-order valence-corrected chi connectivity index (χ0v) is 23.9. The van der Waals surface area contributed by atoms with Crippen molar-refractivity contribution in [3.05, 3.63) is 107 Å². The Hall–Kier alpha value is -4.06. The van der Waals surface area contributed by atoms with Crippen LogP contribution in [0.5, 0.6) is 5.75 Å². The predicted octanol–water partition coefficient (Wildman–Crippen LogP) is 5.90. The highest BCUT2D eigenvalue weighted by molar-refractivity contribution is 7.93. The number of nitrogens with one attached hydrogen (secondary N) is 3. The van der Waals surface area contributed by atoms with E-state index in [1.54, 1.807) is 48.5 Å². The molecule has 40 heavy (non-hydrogen) atoms. The molecule has 0 aromatic heterocycles. The van der Waals surface area contributed by atoms with Gasteiger partial charge in [-0.05, 0) is 92.7 Å². The zero-order chi connectivity index (χ0) is 28.9. The van der Waals surface area contributed by atoms with Crippen molar-refractivity contribution in [2.24, 2.45) is 0 Å². The lowest BCUT2D eigenvalue weighted by Gasteiger charge is -2.12. The number of benzene rings is 4. The lowest BCUT2D eigenvalue weighted by atomic mass is 10.2. The van der Waals surface area contributed by atoms with Crippen LogP contribution in [0.4, 0.5) is 17.1 Å². The fourth-order valence-corrected chi connectivity index (χ4v) is 6.25. The highest BCUT2D eigenvalue weighted by Crippen LogP contribution is 2.26. The van der Waals surface area contributed by atoms with Crippen LogP contribution >= 0.6 is 11.6 Å². The third kappa shape index (κ3) is 7.12. The van der Waals surface area contributed by atoms with Crippen LogP contribution in [0.2, 0.25) is 5.02 Å². The molecular formula is C28H26ClN3O6S2. The lowest BCUT2D eigenvalue weighted by Crippen LogP contribution is -2.17. The fraction of sp³-hybridized carbons (Fsp3) is 0.107. The van der Waals surface area contributed by atoms with Crippen molar-refractivity contribution in [1.29, 1.82) is 0 Å². The Labute approximate surface area is 238 Å². The second-order valence-corrected chi connectivity index (χ2v) is 12.4. The SMILES string of the molecule is CCOc1ccc(NS(=O)(=O)c2ccc(NC(=O)c3ccc(Cl)c(S(=O)(=O)Nc4ccc(C)cc4)c3)cc2)cc1. The summed E-state index contributed by atoms with van der Waals surface area (Å²) in [5.74, 6) is 0.0186. The number of aryl methyl sites for hydroxylation is 1. The highest BCUT2D eigenvalue weighted by atomic mass is 35.5. The van der Waals surface area contributed by atoms with E-state index in [2.05, 4.69) is 14.8 Å². The molecule has 0 saturated heterocycles. The molecule has 0 atom stereocenters. The number of halogens is 1. The largest absolute Gasteiger partial charge is 0.494 e. The Balaban J connectivity index is 1.46. The second kappa shape index (κ2) is 12.0. The van der Waals surface area contributed by atoms with Crippen molar-refractivity contribution in [3.63, 3.8) is 0 Å². The molecule has 0 bridgehead atoms. The van der Waals surface area contributed by atoms with Crippen LogP contribution in [0.1, 0.15) is 22.8 Å². The number of hydrogen-bond donors (Lipinski definition) is 3. The van der Waals surface area contributed by atoms with E-state index in [9.17, 15) is 21.6 Å². The molecule has 0 fully saturated rings. The van der Waals surface area contributed by atoms with E-state index in [0.29, 0.717) is 29.4 Å². The molecule has 0 unspecified atom stereocenters. The summed E-state index contributed by atoms with van der Waals surface area (Å²) in [7, 11) is -7.96. The average molecular weight is 600 g/mol. The smallest absolute Gasteiger partial charge is 0.263 e. The Kier molecular flexibility index (Phi) is 8.67.